The number of aryl methyl sites for hydroxylation is 2. The Labute approximate surface area is 189 Å². The maximum atomic E-state index is 13.1. The summed E-state index contributed by atoms with van der Waals surface area (Å²) in [5.41, 5.74) is 2.11. The lowest BCUT2D eigenvalue weighted by atomic mass is 9.95. The van der Waals surface area contributed by atoms with Gasteiger partial charge in [0.05, 0.1) is 11.6 Å². The second-order valence-electron chi connectivity index (χ2n) is 7.31. The zero-order valence-electron chi connectivity index (χ0n) is 17.6. The lowest BCUT2D eigenvalue weighted by Gasteiger charge is -2.22. The molecule has 1 unspecified atom stereocenters. The first kappa shape index (κ1) is 21.5. The van der Waals surface area contributed by atoms with Crippen molar-refractivity contribution in [3.63, 3.8) is 0 Å². The minimum Gasteiger partial charge on any atom is -0.507 e. The Kier molecular flexibility index (Phi) is 5.87. The van der Waals surface area contributed by atoms with E-state index in [1.54, 1.807) is 49.4 Å². The summed E-state index contributed by atoms with van der Waals surface area (Å²) in [4.78, 5) is 27.4. The van der Waals surface area contributed by atoms with Crippen molar-refractivity contribution in [2.75, 3.05) is 11.5 Å². The molecule has 0 aliphatic carbocycles. The van der Waals surface area contributed by atoms with Crippen molar-refractivity contribution < 1.29 is 19.4 Å². The molecular weight excluding hydrogens is 426 g/mol. The van der Waals surface area contributed by atoms with Crippen molar-refractivity contribution in [2.24, 2.45) is 0 Å². The van der Waals surface area contributed by atoms with Crippen LogP contribution in [0.1, 0.15) is 27.7 Å². The molecule has 4 rings (SSSR count). The van der Waals surface area contributed by atoms with Gasteiger partial charge in [0.15, 0.2) is 0 Å². The molecule has 3 aromatic rings. The van der Waals surface area contributed by atoms with Crippen LogP contribution in [0, 0.1) is 13.8 Å². The fourth-order valence-electron chi connectivity index (χ4n) is 3.50. The average molecular weight is 448 g/mol. The number of amides is 1. The third kappa shape index (κ3) is 3.92. The molecule has 162 valence electrons. The van der Waals surface area contributed by atoms with Crippen LogP contribution in [0.2, 0.25) is 0 Å². The summed E-state index contributed by atoms with van der Waals surface area (Å²) in [5, 5.41) is 20.1. The number of anilines is 1. The molecule has 7 nitrogen and oxygen atoms in total. The summed E-state index contributed by atoms with van der Waals surface area (Å²) in [7, 11) is 0. The number of carbonyl (C=O) groups is 2. The van der Waals surface area contributed by atoms with E-state index >= 15 is 0 Å². The van der Waals surface area contributed by atoms with Gasteiger partial charge in [0.2, 0.25) is 5.13 Å². The molecule has 1 N–H and O–H groups in total. The summed E-state index contributed by atoms with van der Waals surface area (Å²) in [5.74, 6) is -1.14. The molecule has 0 spiro atoms. The standard InChI is InChI=1S/C24H21N3O4S/c1-4-13-31-18-11-9-16(10-12-18)20-19(21(28)17-7-5-14(2)6-8-17)22(29)23(30)27(20)24-26-25-15(3)32-24/h4-12,20,28H,1,13H2,2-3H3/b21-19+. The van der Waals surface area contributed by atoms with Gasteiger partial charge >= 0.3 is 5.91 Å². The normalized spacial score (nSPS) is 17.6. The molecule has 1 aliphatic rings. The zero-order chi connectivity index (χ0) is 22.8. The molecule has 1 aromatic heterocycles. The summed E-state index contributed by atoms with van der Waals surface area (Å²) in [6, 6.07) is 13.3. The van der Waals surface area contributed by atoms with Crippen LogP contribution in [0.15, 0.2) is 66.8 Å². The van der Waals surface area contributed by atoms with Gasteiger partial charge in [-0.2, -0.15) is 0 Å². The number of nitrogens with zero attached hydrogens (tertiary/aromatic N) is 3. The average Bonchev–Trinajstić information content (AvgIpc) is 3.33. The Balaban J connectivity index is 1.86. The number of benzene rings is 2. The van der Waals surface area contributed by atoms with E-state index in [-0.39, 0.29) is 11.3 Å². The molecule has 1 amide bonds. The lowest BCUT2D eigenvalue weighted by Crippen LogP contribution is -2.29. The van der Waals surface area contributed by atoms with E-state index in [4.69, 9.17) is 4.74 Å². The molecule has 2 aromatic carbocycles. The number of rotatable bonds is 6. The molecule has 8 heteroatoms. The first-order chi connectivity index (χ1) is 15.4. The number of Topliss-reactive ketones (excluding diaryl/α,β-unsaturated/α-hetero) is 1. The van der Waals surface area contributed by atoms with Crippen LogP contribution in [0.3, 0.4) is 0 Å². The second-order valence-corrected chi connectivity index (χ2v) is 8.47. The maximum absolute atomic E-state index is 13.1. The van der Waals surface area contributed by atoms with E-state index in [1.165, 1.54) is 16.2 Å². The van der Waals surface area contributed by atoms with Crippen LogP contribution in [0.4, 0.5) is 5.13 Å². The predicted octanol–water partition coefficient (Wildman–Crippen LogP) is 4.35. The monoisotopic (exact) mass is 447 g/mol. The minimum absolute atomic E-state index is 0.00599. The Bertz CT molecular complexity index is 1210. The van der Waals surface area contributed by atoms with Crippen molar-refractivity contribution in [3.05, 3.63) is 88.5 Å². The molecule has 1 aliphatic heterocycles. The van der Waals surface area contributed by atoms with E-state index in [0.717, 1.165) is 5.56 Å². The molecule has 32 heavy (non-hydrogen) atoms. The molecule has 1 fully saturated rings. The molecular formula is C24H21N3O4S. The van der Waals surface area contributed by atoms with Gasteiger partial charge in [0.25, 0.3) is 5.78 Å². The highest BCUT2D eigenvalue weighted by Gasteiger charge is 2.48. The highest BCUT2D eigenvalue weighted by atomic mass is 32.1. The van der Waals surface area contributed by atoms with Gasteiger partial charge in [-0.15, -0.1) is 10.2 Å². The van der Waals surface area contributed by atoms with Crippen molar-refractivity contribution in [3.8, 4) is 5.75 Å². The first-order valence-corrected chi connectivity index (χ1v) is 10.7. The Morgan fingerprint density at radius 2 is 1.81 bits per heavy atom. The Morgan fingerprint density at radius 3 is 2.41 bits per heavy atom. The lowest BCUT2D eigenvalue weighted by molar-refractivity contribution is -0.132. The highest BCUT2D eigenvalue weighted by Crippen LogP contribution is 2.43. The molecule has 1 atom stereocenters. The molecule has 1 saturated heterocycles. The highest BCUT2D eigenvalue weighted by molar-refractivity contribution is 7.15. The molecule has 0 radical (unpaired) electrons. The van der Waals surface area contributed by atoms with Gasteiger partial charge in [0, 0.05) is 5.56 Å². The number of ketones is 1. The van der Waals surface area contributed by atoms with Crippen LogP contribution in [0.25, 0.3) is 5.76 Å². The molecule has 2 heterocycles. The summed E-state index contributed by atoms with van der Waals surface area (Å²) in [6.07, 6.45) is 1.64. The van der Waals surface area contributed by atoms with Gasteiger partial charge in [-0.25, -0.2) is 0 Å². The van der Waals surface area contributed by atoms with Crippen molar-refractivity contribution >= 4 is 33.9 Å². The quantitative estimate of drug-likeness (QED) is 0.261. The third-order valence-corrected chi connectivity index (χ3v) is 5.89. The fraction of sp³-hybridized carbons (Fsp3) is 0.167. The van der Waals surface area contributed by atoms with Crippen LogP contribution < -0.4 is 9.64 Å². The number of aliphatic hydroxyl groups excluding tert-OH is 1. The number of carbonyl (C=O) groups excluding carboxylic acids is 2. The van der Waals surface area contributed by atoms with E-state index < -0.39 is 17.7 Å². The third-order valence-electron chi connectivity index (χ3n) is 5.05. The summed E-state index contributed by atoms with van der Waals surface area (Å²) in [6.45, 7) is 7.68. The van der Waals surface area contributed by atoms with Crippen LogP contribution in [-0.2, 0) is 9.59 Å². The summed E-state index contributed by atoms with van der Waals surface area (Å²) >= 11 is 1.21. The molecule has 0 saturated carbocycles. The topological polar surface area (TPSA) is 92.6 Å². The van der Waals surface area contributed by atoms with Crippen LogP contribution >= 0.6 is 11.3 Å². The number of hydrogen-bond donors (Lipinski definition) is 1. The van der Waals surface area contributed by atoms with Crippen LogP contribution in [-0.4, -0.2) is 33.6 Å². The zero-order valence-corrected chi connectivity index (χ0v) is 18.4. The van der Waals surface area contributed by atoms with Crippen molar-refractivity contribution in [2.45, 2.75) is 19.9 Å². The van der Waals surface area contributed by atoms with Crippen LogP contribution in [0.5, 0.6) is 5.75 Å². The Hall–Kier alpha value is -3.78. The molecule has 0 bridgehead atoms. The largest absolute Gasteiger partial charge is 0.507 e. The number of ether oxygens (including phenoxy) is 1. The summed E-state index contributed by atoms with van der Waals surface area (Å²) < 4.78 is 5.54. The number of aromatic nitrogens is 2. The first-order valence-electron chi connectivity index (χ1n) is 9.92. The number of hydrogen-bond acceptors (Lipinski definition) is 7. The SMILES string of the molecule is C=CCOc1ccc(C2/C(=C(\O)c3ccc(C)cc3)C(=O)C(=O)N2c2nnc(C)s2)cc1. The number of aliphatic hydroxyl groups is 1. The minimum atomic E-state index is -0.850. The van der Waals surface area contributed by atoms with Gasteiger partial charge in [0.1, 0.15) is 23.1 Å². The second kappa shape index (κ2) is 8.76. The fourth-order valence-corrected chi connectivity index (χ4v) is 4.21. The van der Waals surface area contributed by atoms with E-state index in [2.05, 4.69) is 16.8 Å². The van der Waals surface area contributed by atoms with Gasteiger partial charge in [-0.3, -0.25) is 14.5 Å². The van der Waals surface area contributed by atoms with Gasteiger partial charge < -0.3 is 9.84 Å². The predicted molar refractivity (Wildman–Crippen MR) is 123 cm³/mol. The van der Waals surface area contributed by atoms with Crippen molar-refractivity contribution in [1.82, 2.24) is 10.2 Å². The van der Waals surface area contributed by atoms with E-state index in [0.29, 0.717) is 33.6 Å². The van der Waals surface area contributed by atoms with Crippen molar-refractivity contribution in [1.29, 1.82) is 0 Å². The van der Waals surface area contributed by atoms with E-state index in [9.17, 15) is 14.7 Å². The maximum Gasteiger partial charge on any atom is 0.301 e. The Morgan fingerprint density at radius 1 is 1.12 bits per heavy atom. The van der Waals surface area contributed by atoms with Gasteiger partial charge in [-0.05, 0) is 31.5 Å². The van der Waals surface area contributed by atoms with Gasteiger partial charge in [-0.1, -0.05) is 66.0 Å². The smallest absolute Gasteiger partial charge is 0.301 e. The van der Waals surface area contributed by atoms with E-state index in [1.807, 2.05) is 19.1 Å².